The minimum Gasteiger partial charge on any atom is -0.381 e. The number of ether oxygens (including phenoxy) is 1. The van der Waals surface area contributed by atoms with Crippen molar-refractivity contribution in [1.82, 2.24) is 9.97 Å². The normalized spacial score (nSPS) is 16.9. The van der Waals surface area contributed by atoms with Gasteiger partial charge < -0.3 is 9.64 Å². The molecule has 19 heavy (non-hydrogen) atoms. The first-order chi connectivity index (χ1) is 9.13. The molecule has 1 aliphatic heterocycles. The van der Waals surface area contributed by atoms with Gasteiger partial charge in [-0.25, -0.2) is 9.97 Å². The van der Waals surface area contributed by atoms with Gasteiger partial charge >= 0.3 is 0 Å². The Morgan fingerprint density at radius 2 is 2.11 bits per heavy atom. The van der Waals surface area contributed by atoms with Gasteiger partial charge in [0, 0.05) is 32.2 Å². The summed E-state index contributed by atoms with van der Waals surface area (Å²) in [7, 11) is 2.10. The highest BCUT2D eigenvalue weighted by Gasteiger charge is 2.21. The van der Waals surface area contributed by atoms with E-state index in [9.17, 15) is 0 Å². The van der Waals surface area contributed by atoms with E-state index in [1.807, 2.05) is 6.20 Å². The van der Waals surface area contributed by atoms with Crippen LogP contribution in [-0.2, 0) is 10.6 Å². The van der Waals surface area contributed by atoms with Crippen molar-refractivity contribution in [2.24, 2.45) is 0 Å². The molecule has 0 spiro atoms. The van der Waals surface area contributed by atoms with E-state index in [0.29, 0.717) is 17.8 Å². The van der Waals surface area contributed by atoms with Crippen molar-refractivity contribution in [3.63, 3.8) is 0 Å². The fraction of sp³-hybridized carbons (Fsp3) is 0.714. The van der Waals surface area contributed by atoms with Crippen molar-refractivity contribution in [1.29, 1.82) is 0 Å². The molecule has 1 aromatic heterocycles. The number of anilines is 1. The quantitative estimate of drug-likeness (QED) is 0.797. The second-order valence-electron chi connectivity index (χ2n) is 5.30. The lowest BCUT2D eigenvalue weighted by Crippen LogP contribution is -2.37. The topological polar surface area (TPSA) is 38.2 Å². The van der Waals surface area contributed by atoms with Gasteiger partial charge in [-0.05, 0) is 12.8 Å². The summed E-state index contributed by atoms with van der Waals surface area (Å²) in [4.78, 5) is 11.3. The third-order valence-corrected chi connectivity index (χ3v) is 3.88. The summed E-state index contributed by atoms with van der Waals surface area (Å²) >= 11 is 6.05. The first-order valence-electron chi connectivity index (χ1n) is 6.85. The number of halogens is 1. The van der Waals surface area contributed by atoms with Crippen LogP contribution in [0.15, 0.2) is 6.20 Å². The van der Waals surface area contributed by atoms with E-state index >= 15 is 0 Å². The highest BCUT2D eigenvalue weighted by atomic mass is 35.5. The molecule has 0 unspecified atom stereocenters. The molecule has 0 bridgehead atoms. The summed E-state index contributed by atoms with van der Waals surface area (Å²) in [5, 5.41) is 0. The molecule has 1 fully saturated rings. The van der Waals surface area contributed by atoms with Crippen LogP contribution in [0.1, 0.15) is 44.1 Å². The van der Waals surface area contributed by atoms with E-state index in [0.717, 1.165) is 43.3 Å². The van der Waals surface area contributed by atoms with Gasteiger partial charge in [-0.2, -0.15) is 0 Å². The van der Waals surface area contributed by atoms with Gasteiger partial charge in [0.15, 0.2) is 0 Å². The predicted molar refractivity (Wildman–Crippen MR) is 77.9 cm³/mol. The van der Waals surface area contributed by atoms with E-state index in [2.05, 4.69) is 35.8 Å². The van der Waals surface area contributed by atoms with Crippen LogP contribution in [-0.4, -0.2) is 36.3 Å². The van der Waals surface area contributed by atoms with Crippen molar-refractivity contribution in [2.45, 2.75) is 44.5 Å². The zero-order valence-corrected chi connectivity index (χ0v) is 12.7. The second kappa shape index (κ2) is 6.53. The highest BCUT2D eigenvalue weighted by molar-refractivity contribution is 6.17. The zero-order valence-electron chi connectivity index (χ0n) is 11.9. The molecular formula is C14H22ClN3O. The number of nitrogens with zero attached hydrogens (tertiary/aromatic N) is 3. The van der Waals surface area contributed by atoms with Crippen LogP contribution in [0.5, 0.6) is 0 Å². The first kappa shape index (κ1) is 14.5. The Morgan fingerprint density at radius 3 is 2.68 bits per heavy atom. The van der Waals surface area contributed by atoms with Crippen LogP contribution in [0.25, 0.3) is 0 Å². The molecule has 1 aromatic rings. The molecule has 2 rings (SSSR count). The maximum absolute atomic E-state index is 6.05. The molecule has 106 valence electrons. The second-order valence-corrected chi connectivity index (χ2v) is 5.57. The van der Waals surface area contributed by atoms with Crippen molar-refractivity contribution >= 4 is 17.3 Å². The Morgan fingerprint density at radius 1 is 1.42 bits per heavy atom. The number of hydrogen-bond acceptors (Lipinski definition) is 4. The minimum atomic E-state index is 0.324. The van der Waals surface area contributed by atoms with E-state index < -0.39 is 0 Å². The smallest absolute Gasteiger partial charge is 0.131 e. The number of alkyl halides is 1. The molecule has 2 heterocycles. The Balaban J connectivity index is 2.22. The lowest BCUT2D eigenvalue weighted by Gasteiger charge is -2.33. The Bertz CT molecular complexity index is 419. The van der Waals surface area contributed by atoms with Gasteiger partial charge in [0.2, 0.25) is 0 Å². The van der Waals surface area contributed by atoms with Crippen molar-refractivity contribution < 1.29 is 4.74 Å². The molecule has 0 amide bonds. The van der Waals surface area contributed by atoms with Crippen molar-refractivity contribution in [3.8, 4) is 0 Å². The van der Waals surface area contributed by atoms with Crippen LogP contribution in [0.2, 0.25) is 0 Å². The molecule has 0 N–H and O–H groups in total. The third kappa shape index (κ3) is 3.37. The molecule has 1 saturated heterocycles. The largest absolute Gasteiger partial charge is 0.381 e. The van der Waals surface area contributed by atoms with Gasteiger partial charge in [-0.3, -0.25) is 0 Å². The molecule has 1 aliphatic rings. The fourth-order valence-electron chi connectivity index (χ4n) is 2.37. The Hall–Kier alpha value is -0.870. The highest BCUT2D eigenvalue weighted by Crippen LogP contribution is 2.25. The summed E-state index contributed by atoms with van der Waals surface area (Å²) in [5.74, 6) is 1.61. The maximum Gasteiger partial charge on any atom is 0.131 e. The fourth-order valence-corrected chi connectivity index (χ4v) is 2.56. The minimum absolute atomic E-state index is 0.324. The maximum atomic E-state index is 6.05. The molecule has 4 nitrogen and oxygen atoms in total. The van der Waals surface area contributed by atoms with E-state index in [1.54, 1.807) is 0 Å². The van der Waals surface area contributed by atoms with E-state index in [-0.39, 0.29) is 0 Å². The molecule has 0 radical (unpaired) electrons. The van der Waals surface area contributed by atoms with Crippen LogP contribution in [0.4, 0.5) is 5.69 Å². The van der Waals surface area contributed by atoms with Gasteiger partial charge in [0.25, 0.3) is 0 Å². The molecule has 5 heteroatoms. The summed E-state index contributed by atoms with van der Waals surface area (Å²) in [6.07, 6.45) is 4.00. The Kier molecular flexibility index (Phi) is 4.99. The van der Waals surface area contributed by atoms with Gasteiger partial charge in [0.1, 0.15) is 5.82 Å². The molecule has 0 saturated carbocycles. The summed E-state index contributed by atoms with van der Waals surface area (Å²) < 4.78 is 5.41. The van der Waals surface area contributed by atoms with Crippen LogP contribution in [0.3, 0.4) is 0 Å². The zero-order chi connectivity index (χ0) is 13.8. The summed E-state index contributed by atoms with van der Waals surface area (Å²) in [6, 6.07) is 0.490. The molecule has 0 aliphatic carbocycles. The van der Waals surface area contributed by atoms with E-state index in [4.69, 9.17) is 16.3 Å². The standard InChI is InChI=1S/C14H22ClN3O/c1-10(2)14-16-9-13(12(8-15)17-14)18(3)11-4-6-19-7-5-11/h9-11H,4-8H2,1-3H3. The molecular weight excluding hydrogens is 262 g/mol. The lowest BCUT2D eigenvalue weighted by molar-refractivity contribution is 0.0854. The summed E-state index contributed by atoms with van der Waals surface area (Å²) in [5.41, 5.74) is 1.97. The number of aromatic nitrogens is 2. The molecule has 0 atom stereocenters. The molecule has 0 aromatic carbocycles. The van der Waals surface area contributed by atoms with Crippen molar-refractivity contribution in [2.75, 3.05) is 25.2 Å². The Labute approximate surface area is 120 Å². The van der Waals surface area contributed by atoms with E-state index in [1.165, 1.54) is 0 Å². The van der Waals surface area contributed by atoms with Crippen LogP contribution >= 0.6 is 11.6 Å². The number of hydrogen-bond donors (Lipinski definition) is 0. The SMILES string of the molecule is CC(C)c1ncc(N(C)C2CCOCC2)c(CCl)n1. The van der Waals surface area contributed by atoms with Crippen LogP contribution in [0, 0.1) is 0 Å². The van der Waals surface area contributed by atoms with Gasteiger partial charge in [0.05, 0.1) is 23.5 Å². The van der Waals surface area contributed by atoms with Gasteiger partial charge in [-0.15, -0.1) is 11.6 Å². The van der Waals surface area contributed by atoms with Crippen LogP contribution < -0.4 is 4.90 Å². The summed E-state index contributed by atoms with van der Waals surface area (Å²) in [6.45, 7) is 5.84. The van der Waals surface area contributed by atoms with Gasteiger partial charge in [-0.1, -0.05) is 13.8 Å². The predicted octanol–water partition coefficient (Wildman–Crippen LogP) is 2.95. The first-order valence-corrected chi connectivity index (χ1v) is 7.39. The number of rotatable bonds is 4. The van der Waals surface area contributed by atoms with Crippen molar-refractivity contribution in [3.05, 3.63) is 17.7 Å². The lowest BCUT2D eigenvalue weighted by atomic mass is 10.1. The third-order valence-electron chi connectivity index (χ3n) is 3.63. The average molecular weight is 284 g/mol. The monoisotopic (exact) mass is 283 g/mol. The average Bonchev–Trinajstić information content (AvgIpc) is 2.46.